The van der Waals surface area contributed by atoms with Gasteiger partial charge in [-0.05, 0) is 37.5 Å². The summed E-state index contributed by atoms with van der Waals surface area (Å²) in [4.78, 5) is 24.1. The van der Waals surface area contributed by atoms with E-state index in [9.17, 15) is 4.79 Å². The number of benzene rings is 1. The van der Waals surface area contributed by atoms with E-state index in [2.05, 4.69) is 20.4 Å². The van der Waals surface area contributed by atoms with Gasteiger partial charge in [0.25, 0.3) is 5.71 Å². The number of fused-ring (bicyclic) bond motifs is 1. The second-order valence-corrected chi connectivity index (χ2v) is 7.94. The Labute approximate surface area is 182 Å². The summed E-state index contributed by atoms with van der Waals surface area (Å²) in [5.74, 6) is 2.23. The molecule has 3 aromatic rings. The molecule has 164 valence electrons. The number of aryl methyl sites for hydroxylation is 2. The van der Waals surface area contributed by atoms with Crippen molar-refractivity contribution in [2.45, 2.75) is 52.0 Å². The lowest BCUT2D eigenvalue weighted by Gasteiger charge is -2.22. The topological polar surface area (TPSA) is 93.4 Å². The van der Waals surface area contributed by atoms with Crippen molar-refractivity contribution in [1.29, 1.82) is 0 Å². The van der Waals surface area contributed by atoms with Gasteiger partial charge in [0.15, 0.2) is 0 Å². The Bertz CT molecular complexity index is 1040. The molecule has 1 fully saturated rings. The molecule has 1 N–H and O–H groups in total. The SMILES string of the molecule is COc1cccc(CNC(=O)CCc2nc(N3CCCCCC3)c3c(C)noc3n2)c1. The molecular weight excluding hydrogens is 394 g/mol. The van der Waals surface area contributed by atoms with E-state index >= 15 is 0 Å². The van der Waals surface area contributed by atoms with Gasteiger partial charge in [0.2, 0.25) is 5.91 Å². The molecular formula is C23H29N5O3. The van der Waals surface area contributed by atoms with Crippen LogP contribution in [0, 0.1) is 6.92 Å². The van der Waals surface area contributed by atoms with Crippen LogP contribution in [-0.2, 0) is 17.8 Å². The lowest BCUT2D eigenvalue weighted by Crippen LogP contribution is -2.26. The molecule has 0 unspecified atom stereocenters. The molecule has 8 heteroatoms. The molecule has 31 heavy (non-hydrogen) atoms. The molecule has 1 aromatic carbocycles. The minimum atomic E-state index is -0.0448. The van der Waals surface area contributed by atoms with Gasteiger partial charge < -0.3 is 19.5 Å². The number of aromatic nitrogens is 3. The van der Waals surface area contributed by atoms with E-state index in [4.69, 9.17) is 14.2 Å². The van der Waals surface area contributed by atoms with Crippen molar-refractivity contribution in [3.63, 3.8) is 0 Å². The van der Waals surface area contributed by atoms with E-state index < -0.39 is 0 Å². The van der Waals surface area contributed by atoms with Gasteiger partial charge in [-0.3, -0.25) is 4.79 Å². The molecule has 8 nitrogen and oxygen atoms in total. The van der Waals surface area contributed by atoms with Crippen molar-refractivity contribution in [2.75, 3.05) is 25.1 Å². The number of carbonyl (C=O) groups excluding carboxylic acids is 1. The Balaban J connectivity index is 1.43. The fourth-order valence-corrected chi connectivity index (χ4v) is 3.93. The molecule has 0 saturated carbocycles. The summed E-state index contributed by atoms with van der Waals surface area (Å²) in [6, 6.07) is 7.66. The second-order valence-electron chi connectivity index (χ2n) is 7.94. The number of methoxy groups -OCH3 is 1. The van der Waals surface area contributed by atoms with E-state index in [1.54, 1.807) is 7.11 Å². The van der Waals surface area contributed by atoms with Gasteiger partial charge in [0, 0.05) is 32.5 Å². The van der Waals surface area contributed by atoms with E-state index in [0.717, 1.165) is 54.1 Å². The maximum absolute atomic E-state index is 12.4. The smallest absolute Gasteiger partial charge is 0.263 e. The first kappa shape index (κ1) is 21.1. The molecule has 3 heterocycles. The first-order chi connectivity index (χ1) is 15.1. The molecule has 1 aliphatic rings. The molecule has 0 aliphatic carbocycles. The van der Waals surface area contributed by atoms with Gasteiger partial charge in [-0.2, -0.15) is 4.98 Å². The molecule has 4 rings (SSSR count). The molecule has 1 saturated heterocycles. The molecule has 0 atom stereocenters. The third-order valence-electron chi connectivity index (χ3n) is 5.64. The van der Waals surface area contributed by atoms with Gasteiger partial charge >= 0.3 is 0 Å². The van der Waals surface area contributed by atoms with Crippen LogP contribution < -0.4 is 15.0 Å². The summed E-state index contributed by atoms with van der Waals surface area (Å²) in [6.07, 6.45) is 5.54. The van der Waals surface area contributed by atoms with Gasteiger partial charge in [-0.25, -0.2) is 4.98 Å². The van der Waals surface area contributed by atoms with Gasteiger partial charge in [-0.15, -0.1) is 0 Å². The summed E-state index contributed by atoms with van der Waals surface area (Å²) in [5.41, 5.74) is 2.29. The van der Waals surface area contributed by atoms with E-state index in [0.29, 0.717) is 30.9 Å². The quantitative estimate of drug-likeness (QED) is 0.621. The van der Waals surface area contributed by atoms with Crippen LogP contribution in [0.2, 0.25) is 0 Å². The largest absolute Gasteiger partial charge is 0.497 e. The zero-order valence-electron chi connectivity index (χ0n) is 18.2. The third kappa shape index (κ3) is 5.13. The number of ether oxygens (including phenoxy) is 1. The fraction of sp³-hybridized carbons (Fsp3) is 0.478. The summed E-state index contributed by atoms with van der Waals surface area (Å²) >= 11 is 0. The highest BCUT2D eigenvalue weighted by atomic mass is 16.5. The van der Waals surface area contributed by atoms with Crippen molar-refractivity contribution < 1.29 is 14.1 Å². The number of anilines is 1. The van der Waals surface area contributed by atoms with Gasteiger partial charge in [0.05, 0.1) is 12.8 Å². The molecule has 1 aliphatic heterocycles. The van der Waals surface area contributed by atoms with Crippen LogP contribution in [0.15, 0.2) is 28.8 Å². The lowest BCUT2D eigenvalue weighted by molar-refractivity contribution is -0.121. The molecule has 0 bridgehead atoms. The number of amides is 1. The lowest BCUT2D eigenvalue weighted by atomic mass is 10.2. The van der Waals surface area contributed by atoms with Crippen LogP contribution in [0.3, 0.4) is 0 Å². The first-order valence-corrected chi connectivity index (χ1v) is 10.9. The van der Waals surface area contributed by atoms with Crippen LogP contribution in [0.5, 0.6) is 5.75 Å². The van der Waals surface area contributed by atoms with Crippen molar-refractivity contribution in [1.82, 2.24) is 20.4 Å². The number of rotatable bonds is 7. The van der Waals surface area contributed by atoms with E-state index in [1.165, 1.54) is 12.8 Å². The average Bonchev–Trinajstić information content (AvgIpc) is 2.99. The number of hydrogen-bond donors (Lipinski definition) is 1. The predicted molar refractivity (Wildman–Crippen MR) is 118 cm³/mol. The van der Waals surface area contributed by atoms with Crippen LogP contribution in [0.25, 0.3) is 11.1 Å². The van der Waals surface area contributed by atoms with Crippen LogP contribution in [0.1, 0.15) is 49.2 Å². The minimum Gasteiger partial charge on any atom is -0.497 e. The monoisotopic (exact) mass is 423 g/mol. The number of nitrogens with one attached hydrogen (secondary N) is 1. The van der Waals surface area contributed by atoms with E-state index in [-0.39, 0.29) is 5.91 Å². The normalized spacial score (nSPS) is 14.5. The zero-order valence-corrected chi connectivity index (χ0v) is 18.2. The molecule has 0 radical (unpaired) electrons. The van der Waals surface area contributed by atoms with Crippen molar-refractivity contribution in [2.24, 2.45) is 0 Å². The van der Waals surface area contributed by atoms with Crippen LogP contribution in [0.4, 0.5) is 5.82 Å². The average molecular weight is 424 g/mol. The maximum atomic E-state index is 12.4. The highest BCUT2D eigenvalue weighted by molar-refractivity contribution is 5.88. The summed E-state index contributed by atoms with van der Waals surface area (Å²) in [6.45, 7) is 4.31. The second kappa shape index (κ2) is 9.76. The van der Waals surface area contributed by atoms with E-state index in [1.807, 2.05) is 31.2 Å². The Morgan fingerprint density at radius 3 is 2.77 bits per heavy atom. The Morgan fingerprint density at radius 1 is 1.19 bits per heavy atom. The third-order valence-corrected chi connectivity index (χ3v) is 5.64. The Kier molecular flexibility index (Phi) is 6.64. The minimum absolute atomic E-state index is 0.0448. The molecule has 0 spiro atoms. The number of carbonyl (C=O) groups is 1. The van der Waals surface area contributed by atoms with Gasteiger partial charge in [-0.1, -0.05) is 30.1 Å². The summed E-state index contributed by atoms with van der Waals surface area (Å²) in [7, 11) is 1.63. The van der Waals surface area contributed by atoms with Crippen LogP contribution >= 0.6 is 0 Å². The molecule has 2 aromatic heterocycles. The summed E-state index contributed by atoms with van der Waals surface area (Å²) < 4.78 is 10.7. The molecule has 1 amide bonds. The van der Waals surface area contributed by atoms with Crippen molar-refractivity contribution in [3.05, 3.63) is 41.3 Å². The highest BCUT2D eigenvalue weighted by Crippen LogP contribution is 2.29. The highest BCUT2D eigenvalue weighted by Gasteiger charge is 2.21. The van der Waals surface area contributed by atoms with Crippen LogP contribution in [-0.4, -0.2) is 41.2 Å². The standard InChI is InChI=1S/C23H29N5O3/c1-16-21-22(28-12-5-3-4-6-13-28)25-19(26-23(21)31-27-16)10-11-20(29)24-15-17-8-7-9-18(14-17)30-2/h7-9,14H,3-6,10-13,15H2,1-2H3,(H,24,29). The zero-order chi connectivity index (χ0) is 21.6. The van der Waals surface area contributed by atoms with Crippen molar-refractivity contribution in [3.8, 4) is 5.75 Å². The Hall–Kier alpha value is -3.16. The Morgan fingerprint density at radius 2 is 2.00 bits per heavy atom. The maximum Gasteiger partial charge on any atom is 0.263 e. The first-order valence-electron chi connectivity index (χ1n) is 10.9. The fourth-order valence-electron chi connectivity index (χ4n) is 3.93. The van der Waals surface area contributed by atoms with Gasteiger partial charge in [0.1, 0.15) is 22.8 Å². The number of nitrogens with zero attached hydrogens (tertiary/aromatic N) is 4. The predicted octanol–water partition coefficient (Wildman–Crippen LogP) is 3.56. The summed E-state index contributed by atoms with van der Waals surface area (Å²) in [5, 5.41) is 7.93. The number of hydrogen-bond acceptors (Lipinski definition) is 7. The van der Waals surface area contributed by atoms with Crippen molar-refractivity contribution >= 4 is 22.8 Å².